The van der Waals surface area contributed by atoms with Crippen molar-refractivity contribution >= 4 is 31.9 Å². The fourth-order valence-electron chi connectivity index (χ4n) is 3.01. The molecule has 1 aliphatic rings. The number of nitrogens with two attached hydrogens (primary N) is 1. The topological polar surface area (TPSA) is 46.2 Å². The summed E-state index contributed by atoms with van der Waals surface area (Å²) in [7, 11) is 0. The van der Waals surface area contributed by atoms with E-state index in [1.165, 1.54) is 0 Å². The molecule has 0 aliphatic heterocycles. The largest absolute Gasteiger partial charge is 0.388 e. The zero-order chi connectivity index (χ0) is 13.3. The monoisotopic (exact) mass is 375 g/mol. The van der Waals surface area contributed by atoms with Gasteiger partial charge in [0.1, 0.15) is 0 Å². The van der Waals surface area contributed by atoms with Crippen LogP contribution >= 0.6 is 31.9 Å². The van der Waals surface area contributed by atoms with E-state index >= 15 is 0 Å². The zero-order valence-corrected chi connectivity index (χ0v) is 13.7. The van der Waals surface area contributed by atoms with Crippen LogP contribution in [-0.4, -0.2) is 11.7 Å². The molecule has 0 bridgehead atoms. The first-order chi connectivity index (χ1) is 8.48. The first-order valence-corrected chi connectivity index (χ1v) is 7.90. The second kappa shape index (κ2) is 5.61. The van der Waals surface area contributed by atoms with Crippen LogP contribution in [0.15, 0.2) is 27.1 Å². The molecule has 0 heterocycles. The number of halogens is 2. The van der Waals surface area contributed by atoms with Crippen molar-refractivity contribution in [2.75, 3.05) is 6.54 Å². The van der Waals surface area contributed by atoms with E-state index in [1.807, 2.05) is 18.2 Å². The molecule has 3 atom stereocenters. The van der Waals surface area contributed by atoms with Crippen molar-refractivity contribution in [1.29, 1.82) is 0 Å². The molecule has 1 fully saturated rings. The number of hydrogen-bond donors (Lipinski definition) is 2. The highest BCUT2D eigenvalue weighted by atomic mass is 79.9. The molecule has 2 nitrogen and oxygen atoms in total. The molecular weight excluding hydrogens is 358 g/mol. The van der Waals surface area contributed by atoms with Crippen molar-refractivity contribution in [3.05, 3.63) is 32.7 Å². The summed E-state index contributed by atoms with van der Waals surface area (Å²) in [6, 6.07) is 5.92. The Morgan fingerprint density at radius 2 is 2.17 bits per heavy atom. The van der Waals surface area contributed by atoms with Crippen LogP contribution in [0.3, 0.4) is 0 Å². The summed E-state index contributed by atoms with van der Waals surface area (Å²) in [5.74, 6) is 0.655. The van der Waals surface area contributed by atoms with Gasteiger partial charge in [0, 0.05) is 20.9 Å². The standard InChI is InChI=1S/C14H19Br2NO/c1-9-4-5-14(7-9,8-17)13(18)10-2-3-11(15)12(16)6-10/h2-3,6,9,13,18H,4-5,7-8,17H2,1H3. The molecular formula is C14H19Br2NO. The molecule has 1 aromatic carbocycles. The molecule has 18 heavy (non-hydrogen) atoms. The van der Waals surface area contributed by atoms with Gasteiger partial charge in [0.25, 0.3) is 0 Å². The van der Waals surface area contributed by atoms with Crippen LogP contribution in [0, 0.1) is 11.3 Å². The summed E-state index contributed by atoms with van der Waals surface area (Å²) >= 11 is 6.93. The van der Waals surface area contributed by atoms with Gasteiger partial charge in [-0.15, -0.1) is 0 Å². The predicted octanol–water partition coefficient (Wildman–Crippen LogP) is 4.01. The minimum absolute atomic E-state index is 0.146. The van der Waals surface area contributed by atoms with Gasteiger partial charge < -0.3 is 10.8 Å². The Morgan fingerprint density at radius 1 is 1.44 bits per heavy atom. The van der Waals surface area contributed by atoms with Gasteiger partial charge in [0.2, 0.25) is 0 Å². The van der Waals surface area contributed by atoms with Crippen LogP contribution in [0.2, 0.25) is 0 Å². The third-order valence-corrected chi connectivity index (χ3v) is 6.02. The molecule has 0 radical (unpaired) electrons. The SMILES string of the molecule is CC1CCC(CN)(C(O)c2ccc(Br)c(Br)c2)C1. The molecule has 0 amide bonds. The molecule has 3 unspecified atom stereocenters. The lowest BCUT2D eigenvalue weighted by molar-refractivity contribution is 0.0307. The van der Waals surface area contributed by atoms with E-state index < -0.39 is 6.10 Å². The van der Waals surface area contributed by atoms with Gasteiger partial charge in [-0.05, 0) is 68.3 Å². The molecule has 0 aromatic heterocycles. The number of hydrogen-bond acceptors (Lipinski definition) is 2. The Bertz CT molecular complexity index is 438. The Labute approximate surface area is 125 Å². The summed E-state index contributed by atoms with van der Waals surface area (Å²) in [5.41, 5.74) is 6.76. The average Bonchev–Trinajstić information content (AvgIpc) is 2.75. The number of aliphatic hydroxyl groups excluding tert-OH is 1. The van der Waals surface area contributed by atoms with E-state index in [9.17, 15) is 5.11 Å². The minimum Gasteiger partial charge on any atom is -0.388 e. The van der Waals surface area contributed by atoms with E-state index in [2.05, 4.69) is 38.8 Å². The van der Waals surface area contributed by atoms with E-state index in [-0.39, 0.29) is 5.41 Å². The molecule has 1 aliphatic carbocycles. The van der Waals surface area contributed by atoms with Gasteiger partial charge in [-0.2, -0.15) is 0 Å². The molecule has 1 aromatic rings. The van der Waals surface area contributed by atoms with Crippen LogP contribution < -0.4 is 5.73 Å². The van der Waals surface area contributed by atoms with Gasteiger partial charge in [-0.25, -0.2) is 0 Å². The van der Waals surface area contributed by atoms with Gasteiger partial charge in [-0.1, -0.05) is 19.4 Å². The maximum Gasteiger partial charge on any atom is 0.0858 e. The van der Waals surface area contributed by atoms with Crippen LogP contribution in [-0.2, 0) is 0 Å². The average molecular weight is 377 g/mol. The maximum absolute atomic E-state index is 10.7. The highest BCUT2D eigenvalue weighted by Crippen LogP contribution is 2.49. The van der Waals surface area contributed by atoms with Gasteiger partial charge in [-0.3, -0.25) is 0 Å². The van der Waals surface area contributed by atoms with Gasteiger partial charge >= 0.3 is 0 Å². The van der Waals surface area contributed by atoms with Crippen molar-refractivity contribution < 1.29 is 5.11 Å². The smallest absolute Gasteiger partial charge is 0.0858 e. The zero-order valence-electron chi connectivity index (χ0n) is 10.5. The quantitative estimate of drug-likeness (QED) is 0.837. The second-order valence-corrected chi connectivity index (χ2v) is 7.20. The summed E-state index contributed by atoms with van der Waals surface area (Å²) in [5, 5.41) is 10.7. The molecule has 100 valence electrons. The van der Waals surface area contributed by atoms with Crippen molar-refractivity contribution in [1.82, 2.24) is 0 Å². The van der Waals surface area contributed by atoms with E-state index in [4.69, 9.17) is 5.73 Å². The Hall–Kier alpha value is 0.1000. The molecule has 1 saturated carbocycles. The van der Waals surface area contributed by atoms with E-state index in [0.29, 0.717) is 12.5 Å². The number of benzene rings is 1. The maximum atomic E-state index is 10.7. The predicted molar refractivity (Wildman–Crippen MR) is 81.3 cm³/mol. The highest BCUT2D eigenvalue weighted by Gasteiger charge is 2.42. The summed E-state index contributed by atoms with van der Waals surface area (Å²) < 4.78 is 1.97. The van der Waals surface area contributed by atoms with Gasteiger partial charge in [0.15, 0.2) is 0 Å². The fourth-order valence-corrected chi connectivity index (χ4v) is 3.66. The lowest BCUT2D eigenvalue weighted by Crippen LogP contribution is -2.34. The van der Waals surface area contributed by atoms with Gasteiger partial charge in [0.05, 0.1) is 6.10 Å². The van der Waals surface area contributed by atoms with Crippen LogP contribution in [0.25, 0.3) is 0 Å². The first kappa shape index (κ1) is 14.5. The summed E-state index contributed by atoms with van der Waals surface area (Å²) in [4.78, 5) is 0. The molecule has 0 saturated heterocycles. The van der Waals surface area contributed by atoms with Crippen molar-refractivity contribution in [2.24, 2.45) is 17.1 Å². The van der Waals surface area contributed by atoms with Crippen LogP contribution in [0.1, 0.15) is 37.9 Å². The lowest BCUT2D eigenvalue weighted by atomic mass is 9.77. The molecule has 4 heteroatoms. The number of aliphatic hydroxyl groups is 1. The molecule has 0 spiro atoms. The molecule has 2 rings (SSSR count). The third kappa shape index (κ3) is 2.67. The van der Waals surface area contributed by atoms with E-state index in [1.54, 1.807) is 0 Å². The molecule has 3 N–H and O–H groups in total. The Morgan fingerprint density at radius 3 is 2.67 bits per heavy atom. The lowest BCUT2D eigenvalue weighted by Gasteiger charge is -2.33. The number of rotatable bonds is 3. The van der Waals surface area contributed by atoms with E-state index in [0.717, 1.165) is 33.8 Å². The second-order valence-electron chi connectivity index (χ2n) is 5.49. The summed E-state index contributed by atoms with van der Waals surface area (Å²) in [6.07, 6.45) is 2.71. The Balaban J connectivity index is 2.29. The van der Waals surface area contributed by atoms with Crippen molar-refractivity contribution in [3.8, 4) is 0 Å². The van der Waals surface area contributed by atoms with Crippen LogP contribution in [0.5, 0.6) is 0 Å². The highest BCUT2D eigenvalue weighted by molar-refractivity contribution is 9.13. The fraction of sp³-hybridized carbons (Fsp3) is 0.571. The summed E-state index contributed by atoms with van der Waals surface area (Å²) in [6.45, 7) is 2.79. The minimum atomic E-state index is -0.475. The van der Waals surface area contributed by atoms with Crippen LogP contribution in [0.4, 0.5) is 0 Å². The first-order valence-electron chi connectivity index (χ1n) is 6.31. The van der Waals surface area contributed by atoms with Crippen molar-refractivity contribution in [2.45, 2.75) is 32.3 Å². The Kier molecular flexibility index (Phi) is 4.52. The van der Waals surface area contributed by atoms with Crippen molar-refractivity contribution in [3.63, 3.8) is 0 Å². The third-order valence-electron chi connectivity index (χ3n) is 4.14. The normalized spacial score (nSPS) is 29.5.